The molecule has 0 aliphatic rings. The van der Waals surface area contributed by atoms with Gasteiger partial charge in [-0.05, 0) is 54.5 Å². The number of carbonyl (C=O) groups is 3. The van der Waals surface area contributed by atoms with Crippen molar-refractivity contribution in [3.05, 3.63) is 64.2 Å². The molecule has 1 amide bonds. The molecule has 11 heteroatoms. The van der Waals surface area contributed by atoms with Gasteiger partial charge in [-0.25, -0.2) is 4.79 Å². The van der Waals surface area contributed by atoms with E-state index >= 15 is 0 Å². The molecular formula is C22H22N2O9. The minimum Gasteiger partial charge on any atom is -0.493 e. The number of ether oxygens (including phenoxy) is 3. The molecule has 0 unspecified atom stereocenters. The molecular weight excluding hydrogens is 436 g/mol. The lowest BCUT2D eigenvalue weighted by atomic mass is 10.2. The van der Waals surface area contributed by atoms with Gasteiger partial charge in [0.15, 0.2) is 11.5 Å². The van der Waals surface area contributed by atoms with Gasteiger partial charge < -0.3 is 24.4 Å². The fourth-order valence-electron chi connectivity index (χ4n) is 2.53. The summed E-state index contributed by atoms with van der Waals surface area (Å²) in [5, 5.41) is 11.8. The zero-order chi connectivity index (χ0) is 24.2. The standard InChI is InChI=1S/C22H22N2O9/c1-15(25)23-17-7-9-18(10-8-17)32-22(27)12-6-16-5-11-19(20(14-16)30-2)33-21(26)4-3-13-31-24(28)29/h5-12,14H,3-4,13H2,1-2H3,(H,23,25). The summed E-state index contributed by atoms with van der Waals surface area (Å²) in [5.41, 5.74) is 1.17. The molecule has 0 saturated heterocycles. The number of hydrogen-bond donors (Lipinski definition) is 1. The molecule has 0 aliphatic heterocycles. The predicted octanol–water partition coefficient (Wildman–Crippen LogP) is 3.17. The Morgan fingerprint density at radius 2 is 1.79 bits per heavy atom. The summed E-state index contributed by atoms with van der Waals surface area (Å²) in [6.45, 7) is 1.18. The summed E-state index contributed by atoms with van der Waals surface area (Å²) >= 11 is 0. The number of rotatable bonds is 11. The van der Waals surface area contributed by atoms with E-state index in [9.17, 15) is 24.5 Å². The molecule has 0 saturated carbocycles. The molecule has 0 radical (unpaired) electrons. The number of hydrogen-bond acceptors (Lipinski definition) is 9. The van der Waals surface area contributed by atoms with Gasteiger partial charge >= 0.3 is 11.9 Å². The highest BCUT2D eigenvalue weighted by atomic mass is 16.9. The Balaban J connectivity index is 1.92. The van der Waals surface area contributed by atoms with Crippen molar-refractivity contribution < 1.29 is 38.5 Å². The normalized spacial score (nSPS) is 10.4. The smallest absolute Gasteiger partial charge is 0.336 e. The van der Waals surface area contributed by atoms with Crippen molar-refractivity contribution >= 4 is 29.6 Å². The highest BCUT2D eigenvalue weighted by Gasteiger charge is 2.11. The number of nitrogens with zero attached hydrogens (tertiary/aromatic N) is 1. The second kappa shape index (κ2) is 12.4. The summed E-state index contributed by atoms with van der Waals surface area (Å²) in [7, 11) is 1.39. The van der Waals surface area contributed by atoms with Crippen LogP contribution in [0.2, 0.25) is 0 Å². The summed E-state index contributed by atoms with van der Waals surface area (Å²) in [6, 6.07) is 11.0. The minimum atomic E-state index is -0.930. The molecule has 2 aromatic rings. The van der Waals surface area contributed by atoms with Crippen LogP contribution in [0.3, 0.4) is 0 Å². The number of benzene rings is 2. The van der Waals surface area contributed by atoms with Crippen molar-refractivity contribution in [2.45, 2.75) is 19.8 Å². The molecule has 33 heavy (non-hydrogen) atoms. The molecule has 1 N–H and O–H groups in total. The number of esters is 2. The van der Waals surface area contributed by atoms with Crippen molar-refractivity contribution in [1.29, 1.82) is 0 Å². The van der Waals surface area contributed by atoms with Crippen LogP contribution in [-0.4, -0.2) is 36.6 Å². The molecule has 0 spiro atoms. The van der Waals surface area contributed by atoms with E-state index in [-0.39, 0.29) is 36.9 Å². The molecule has 0 bridgehead atoms. The van der Waals surface area contributed by atoms with Gasteiger partial charge in [0.2, 0.25) is 5.91 Å². The van der Waals surface area contributed by atoms with Gasteiger partial charge in [-0.1, -0.05) is 6.07 Å². The monoisotopic (exact) mass is 458 g/mol. The molecule has 174 valence electrons. The molecule has 2 rings (SSSR count). The third-order valence-electron chi connectivity index (χ3n) is 3.94. The van der Waals surface area contributed by atoms with Crippen molar-refractivity contribution in [2.75, 3.05) is 19.0 Å². The van der Waals surface area contributed by atoms with Crippen molar-refractivity contribution in [3.63, 3.8) is 0 Å². The first kappa shape index (κ1) is 24.9. The Labute approximate surface area is 189 Å². The first-order valence-electron chi connectivity index (χ1n) is 9.70. The van der Waals surface area contributed by atoms with Crippen molar-refractivity contribution in [3.8, 4) is 17.2 Å². The summed E-state index contributed by atoms with van der Waals surface area (Å²) < 4.78 is 15.6. The SMILES string of the molecule is COc1cc(C=CC(=O)Oc2ccc(NC(C)=O)cc2)ccc1OC(=O)CCCO[N+](=O)[O-]. The van der Waals surface area contributed by atoms with E-state index in [1.165, 1.54) is 32.3 Å². The number of nitrogens with one attached hydrogen (secondary N) is 1. The highest BCUT2D eigenvalue weighted by Crippen LogP contribution is 2.29. The maximum absolute atomic E-state index is 12.1. The fraction of sp³-hybridized carbons (Fsp3) is 0.227. The van der Waals surface area contributed by atoms with Crippen LogP contribution >= 0.6 is 0 Å². The van der Waals surface area contributed by atoms with Gasteiger partial charge in [0.05, 0.1) is 13.7 Å². The van der Waals surface area contributed by atoms with Crippen molar-refractivity contribution in [2.24, 2.45) is 0 Å². The lowest BCUT2D eigenvalue weighted by molar-refractivity contribution is -0.757. The van der Waals surface area contributed by atoms with Gasteiger partial charge in [-0.2, -0.15) is 0 Å². The van der Waals surface area contributed by atoms with Crippen LogP contribution in [0.25, 0.3) is 6.08 Å². The Morgan fingerprint density at radius 1 is 1.06 bits per heavy atom. The topological polar surface area (TPSA) is 143 Å². The van der Waals surface area contributed by atoms with Crippen LogP contribution in [0.5, 0.6) is 17.2 Å². The van der Waals surface area contributed by atoms with Crippen LogP contribution in [0.4, 0.5) is 5.69 Å². The van der Waals surface area contributed by atoms with Gasteiger partial charge in [-0.3, -0.25) is 9.59 Å². The predicted molar refractivity (Wildman–Crippen MR) is 116 cm³/mol. The number of amides is 1. The quantitative estimate of drug-likeness (QED) is 0.134. The lowest BCUT2D eigenvalue weighted by Crippen LogP contribution is -2.11. The van der Waals surface area contributed by atoms with E-state index in [2.05, 4.69) is 10.2 Å². The highest BCUT2D eigenvalue weighted by molar-refractivity contribution is 5.90. The first-order valence-corrected chi connectivity index (χ1v) is 9.70. The zero-order valence-electron chi connectivity index (χ0n) is 17.9. The molecule has 2 aromatic carbocycles. The van der Waals surface area contributed by atoms with Crippen LogP contribution < -0.4 is 19.5 Å². The lowest BCUT2D eigenvalue weighted by Gasteiger charge is -2.10. The number of methoxy groups -OCH3 is 1. The first-order chi connectivity index (χ1) is 15.8. The fourth-order valence-corrected chi connectivity index (χ4v) is 2.53. The van der Waals surface area contributed by atoms with Gasteiger partial charge in [0.25, 0.3) is 5.09 Å². The van der Waals surface area contributed by atoms with E-state index in [1.54, 1.807) is 36.4 Å². The molecule has 0 heterocycles. The van der Waals surface area contributed by atoms with Gasteiger partial charge in [0, 0.05) is 25.1 Å². The summed E-state index contributed by atoms with van der Waals surface area (Å²) in [4.78, 5) is 49.2. The third kappa shape index (κ3) is 9.09. The summed E-state index contributed by atoms with van der Waals surface area (Å²) in [5.74, 6) is -0.695. The zero-order valence-corrected chi connectivity index (χ0v) is 17.9. The molecule has 0 atom stereocenters. The average Bonchev–Trinajstić information content (AvgIpc) is 2.77. The maximum atomic E-state index is 12.1. The second-order valence-corrected chi connectivity index (χ2v) is 6.50. The molecule has 0 aliphatic carbocycles. The number of anilines is 1. The van der Waals surface area contributed by atoms with Gasteiger partial charge in [-0.15, -0.1) is 10.1 Å². The van der Waals surface area contributed by atoms with E-state index in [0.29, 0.717) is 17.0 Å². The van der Waals surface area contributed by atoms with E-state index in [1.807, 2.05) is 0 Å². The molecule has 11 nitrogen and oxygen atoms in total. The maximum Gasteiger partial charge on any atom is 0.336 e. The van der Waals surface area contributed by atoms with Crippen LogP contribution in [-0.2, 0) is 19.2 Å². The Kier molecular flexibility index (Phi) is 9.37. The Hall–Kier alpha value is -4.41. The largest absolute Gasteiger partial charge is 0.493 e. The minimum absolute atomic E-state index is 0.0731. The molecule has 0 aromatic heterocycles. The van der Waals surface area contributed by atoms with Crippen molar-refractivity contribution in [1.82, 2.24) is 0 Å². The van der Waals surface area contributed by atoms with E-state index in [4.69, 9.17) is 14.2 Å². The average molecular weight is 458 g/mol. The van der Waals surface area contributed by atoms with Crippen LogP contribution in [0.15, 0.2) is 48.5 Å². The second-order valence-electron chi connectivity index (χ2n) is 6.50. The van der Waals surface area contributed by atoms with E-state index in [0.717, 1.165) is 0 Å². The third-order valence-corrected chi connectivity index (χ3v) is 3.94. The Bertz CT molecular complexity index is 1030. The van der Waals surface area contributed by atoms with Gasteiger partial charge in [0.1, 0.15) is 5.75 Å². The Morgan fingerprint density at radius 3 is 2.42 bits per heavy atom. The van der Waals surface area contributed by atoms with Crippen LogP contribution in [0, 0.1) is 10.1 Å². The number of carbonyl (C=O) groups excluding carboxylic acids is 3. The van der Waals surface area contributed by atoms with E-state index < -0.39 is 17.0 Å². The van der Waals surface area contributed by atoms with Crippen LogP contribution in [0.1, 0.15) is 25.3 Å². The summed E-state index contributed by atoms with van der Waals surface area (Å²) in [6.07, 6.45) is 2.77. The molecule has 0 fully saturated rings.